The molecule has 26 nitrogen and oxygen atoms in total. The average Bonchev–Trinajstić information content (AvgIpc) is 1.65. The number of benzene rings is 4. The van der Waals surface area contributed by atoms with E-state index in [1.807, 2.05) is 91.4 Å². The van der Waals surface area contributed by atoms with E-state index in [1.54, 1.807) is 86.0 Å². The number of nitro benzene ring substituents is 1. The van der Waals surface area contributed by atoms with Gasteiger partial charge in [-0.2, -0.15) is 4.98 Å². The van der Waals surface area contributed by atoms with Crippen LogP contribution in [0.25, 0.3) is 66.5 Å². The zero-order chi connectivity index (χ0) is 76.7. The fourth-order valence-electron chi connectivity index (χ4n) is 10.8. The number of hydrogen-bond acceptors (Lipinski definition) is 16. The first kappa shape index (κ1) is 79.8. The summed E-state index contributed by atoms with van der Waals surface area (Å²) in [4.78, 5) is 74.7. The average molecular weight is 1430 g/mol. The molecule has 0 spiro atoms. The van der Waals surface area contributed by atoms with E-state index < -0.39 is 16.6 Å². The maximum absolute atomic E-state index is 13.4. The van der Waals surface area contributed by atoms with Crippen molar-refractivity contribution in [2.75, 3.05) is 5.73 Å². The molecule has 0 bridgehead atoms. The molecule has 0 amide bonds. The van der Waals surface area contributed by atoms with Crippen molar-refractivity contribution in [3.63, 3.8) is 0 Å². The number of fused-ring (bicyclic) bond motifs is 6. The monoisotopic (exact) mass is 1430 g/mol. The maximum Gasteiger partial charge on any atom is 0.286 e. The van der Waals surface area contributed by atoms with Gasteiger partial charge >= 0.3 is 0 Å². The fourth-order valence-corrected chi connectivity index (χ4v) is 10.8. The number of aryl methyl sites for hydroxylation is 4. The van der Waals surface area contributed by atoms with Crippen molar-refractivity contribution in [2.45, 2.75) is 187 Å². The Morgan fingerprint density at radius 1 is 0.462 bits per heavy atom. The van der Waals surface area contributed by atoms with Crippen LogP contribution in [-0.2, 0) is 0 Å². The summed E-state index contributed by atoms with van der Waals surface area (Å²) < 4.78 is 53.2. The van der Waals surface area contributed by atoms with Gasteiger partial charge in [0.25, 0.3) is 16.9 Å². The van der Waals surface area contributed by atoms with Crippen LogP contribution in [0.1, 0.15) is 187 Å². The lowest BCUT2D eigenvalue weighted by Gasteiger charge is -2.08. The molecule has 550 valence electrons. The predicted octanol–water partition coefficient (Wildman–Crippen LogP) is 17.9. The van der Waals surface area contributed by atoms with Crippen LogP contribution in [0.2, 0.25) is 0 Å². The summed E-state index contributed by atoms with van der Waals surface area (Å²) in [5.41, 5.74) is 19.3. The molecule has 29 heteroatoms. The van der Waals surface area contributed by atoms with Gasteiger partial charge in [-0.25, -0.2) is 58.0 Å². The van der Waals surface area contributed by atoms with E-state index in [4.69, 9.17) is 5.73 Å². The number of imidazole rings is 5. The van der Waals surface area contributed by atoms with Gasteiger partial charge in [-0.15, -0.1) is 0 Å². The summed E-state index contributed by atoms with van der Waals surface area (Å²) >= 11 is 0. The topological polar surface area (TPSA) is 309 Å². The standard InChI is InChI=1S/C12H16N2.C11H13FN2.C11H12N2O2.C10H12F2.C8H11N5.C8H10N4O.C8H10N4.C7H10N2O2/c1-8(2)14-7-13-12-10(4)5-9(3)6-11(12)14;1-7(2)14-6-13-11-9(12)4-8(3)5-10(11)14;1-8(2)12-6-5-9-7-10(13(14)15)3-4-11(9)12;1-6(2)8-4-7(3)9(11)5-10(8)12;1-5(2)13-4-11-6-3-10-8(9)12-7(6)13;1-5(2)12-4-11-6-7(12)9-3-10-8(6)13;1-6(2)12-5-11-7-3-9-4-10-8(7)12;1-6(2)8-4-3-7(5-8)9(10)11/h5-8H,1-4H3;4-7H,1-3H3;3-8H,1-2H3;4-6H,1-3H3;3-5H,1-2H3,(H2,9,10,12);3-5H,1-2H3,(H,9,10,13);3-6H,1-2H3;3-6H,1-2H3. The number of anilines is 1. The molecular weight excluding hydrogens is 1330 g/mol. The van der Waals surface area contributed by atoms with Gasteiger partial charge in [-0.3, -0.25) is 25.0 Å². The van der Waals surface area contributed by atoms with E-state index >= 15 is 0 Å². The number of nitro groups is 2. The number of nitrogens with zero attached hydrogens (tertiary/aromatic N) is 19. The zero-order valence-corrected chi connectivity index (χ0v) is 62.6. The van der Waals surface area contributed by atoms with Crippen molar-refractivity contribution in [1.82, 2.24) is 86.8 Å². The predicted molar refractivity (Wildman–Crippen MR) is 404 cm³/mol. The molecule has 104 heavy (non-hydrogen) atoms. The molecule has 0 aliphatic rings. The number of aromatic amines is 1. The molecule has 0 atom stereocenters. The number of H-pyrrole nitrogens is 1. The van der Waals surface area contributed by atoms with Crippen LogP contribution in [0.3, 0.4) is 0 Å². The Balaban J connectivity index is 0.000000166. The Morgan fingerprint density at radius 2 is 0.990 bits per heavy atom. The molecule has 0 saturated carbocycles. The molecule has 0 aliphatic carbocycles. The summed E-state index contributed by atoms with van der Waals surface area (Å²) in [6.45, 7) is 40.5. The second-order valence-corrected chi connectivity index (χ2v) is 27.1. The van der Waals surface area contributed by atoms with Gasteiger partial charge < -0.3 is 42.7 Å². The zero-order valence-electron chi connectivity index (χ0n) is 62.6. The van der Waals surface area contributed by atoms with Crippen molar-refractivity contribution in [3.8, 4) is 0 Å². The first-order chi connectivity index (χ1) is 49.1. The summed E-state index contributed by atoms with van der Waals surface area (Å²) in [6, 6.07) is 21.1. The van der Waals surface area contributed by atoms with Crippen LogP contribution in [0.15, 0.2) is 147 Å². The van der Waals surface area contributed by atoms with Crippen LogP contribution in [0.5, 0.6) is 0 Å². The number of non-ortho nitro benzene ring substituents is 1. The maximum atomic E-state index is 13.4. The molecule has 10 aromatic heterocycles. The minimum atomic E-state index is -0.475. The van der Waals surface area contributed by atoms with Crippen LogP contribution in [0.4, 0.5) is 30.5 Å². The Labute approximate surface area is 601 Å². The second-order valence-electron chi connectivity index (χ2n) is 27.1. The first-order valence-corrected chi connectivity index (χ1v) is 34.1. The van der Waals surface area contributed by atoms with Crippen LogP contribution < -0.4 is 11.3 Å². The van der Waals surface area contributed by atoms with Gasteiger partial charge in [0, 0.05) is 89.9 Å². The molecule has 10 heterocycles. The number of nitrogens with one attached hydrogen (secondary N) is 1. The number of rotatable bonds is 10. The number of aromatic nitrogens is 18. The molecule has 4 aromatic carbocycles. The van der Waals surface area contributed by atoms with Crippen molar-refractivity contribution < 1.29 is 23.0 Å². The molecule has 0 saturated heterocycles. The van der Waals surface area contributed by atoms with Gasteiger partial charge in [-0.1, -0.05) is 26.0 Å². The van der Waals surface area contributed by atoms with Gasteiger partial charge in [0.05, 0.1) is 83.0 Å². The third kappa shape index (κ3) is 20.0. The molecule has 14 aromatic rings. The van der Waals surface area contributed by atoms with Crippen molar-refractivity contribution in [1.29, 1.82) is 0 Å². The van der Waals surface area contributed by atoms with Crippen LogP contribution >= 0.6 is 0 Å². The number of nitrogen functional groups attached to an aromatic ring is 1. The molecule has 0 radical (unpaired) electrons. The minimum absolute atomic E-state index is 0.101. The van der Waals surface area contributed by atoms with Crippen molar-refractivity contribution >= 4 is 83.8 Å². The van der Waals surface area contributed by atoms with Gasteiger partial charge in [0.15, 0.2) is 28.3 Å². The van der Waals surface area contributed by atoms with E-state index in [9.17, 15) is 38.2 Å². The molecule has 0 aliphatic heterocycles. The fraction of sp³-hybridized carbons (Fsp3) is 0.373. The Hall–Kier alpha value is -11.5. The number of halogens is 3. The largest absolute Gasteiger partial charge is 0.368 e. The smallest absolute Gasteiger partial charge is 0.286 e. The lowest BCUT2D eigenvalue weighted by Crippen LogP contribution is -2.08. The summed E-state index contributed by atoms with van der Waals surface area (Å²) in [6.07, 6.45) is 20.3. The Morgan fingerprint density at radius 3 is 1.55 bits per heavy atom. The van der Waals surface area contributed by atoms with Crippen LogP contribution in [0, 0.1) is 65.4 Å². The number of nitrogens with two attached hydrogens (primary N) is 1. The van der Waals surface area contributed by atoms with Gasteiger partial charge in [-0.05, 0) is 189 Å². The third-order valence-corrected chi connectivity index (χ3v) is 16.4. The Kier molecular flexibility index (Phi) is 27.2. The molecule has 0 unspecified atom stereocenters. The minimum Gasteiger partial charge on any atom is -0.368 e. The number of hydrogen-bond donors (Lipinski definition) is 2. The molecule has 0 fully saturated rings. The van der Waals surface area contributed by atoms with E-state index in [0.29, 0.717) is 58.0 Å². The van der Waals surface area contributed by atoms with E-state index in [1.165, 1.54) is 41.3 Å². The summed E-state index contributed by atoms with van der Waals surface area (Å²) in [5.74, 6) is -0.774. The first-order valence-electron chi connectivity index (χ1n) is 34.1. The highest BCUT2D eigenvalue weighted by Crippen LogP contribution is 2.27. The van der Waals surface area contributed by atoms with E-state index in [0.717, 1.165) is 55.9 Å². The van der Waals surface area contributed by atoms with Crippen molar-refractivity contribution in [2.24, 2.45) is 0 Å². The highest BCUT2D eigenvalue weighted by Gasteiger charge is 2.16. The van der Waals surface area contributed by atoms with Crippen LogP contribution in [-0.4, -0.2) is 96.6 Å². The Bertz CT molecular complexity index is 5170. The van der Waals surface area contributed by atoms with E-state index in [2.05, 4.69) is 159 Å². The normalized spacial score (nSPS) is 11.2. The van der Waals surface area contributed by atoms with Crippen molar-refractivity contribution in [3.05, 3.63) is 218 Å². The highest BCUT2D eigenvalue weighted by molar-refractivity contribution is 5.83. The van der Waals surface area contributed by atoms with Gasteiger partial charge in [0.2, 0.25) is 5.95 Å². The summed E-state index contributed by atoms with van der Waals surface area (Å²) in [5, 5.41) is 21.7. The van der Waals surface area contributed by atoms with E-state index in [-0.39, 0.29) is 51.6 Å². The summed E-state index contributed by atoms with van der Waals surface area (Å²) in [7, 11) is 0. The SMILES string of the molecule is CC(C)n1ccc([N+](=O)[O-])c1.CC(C)n1ccc2cc([N+](=O)[O-])ccc21.CC(C)n1cnc2c(=O)[nH]cnc21.CC(C)n1cnc2cnc(N)nc21.CC(C)n1cnc2cncnc21.Cc1cc(C(C)C)c(F)cc1F.Cc1cc(C)c2ncn(C(C)C)c2c1.Cc1cc(F)c2ncn(C(C)C)c2c1. The quantitative estimate of drug-likeness (QED) is 0.0949. The third-order valence-electron chi connectivity index (χ3n) is 16.4. The molecule has 3 N–H and O–H groups in total. The highest BCUT2D eigenvalue weighted by atomic mass is 19.1. The molecular formula is C75H94F3N21O5. The van der Waals surface area contributed by atoms with Gasteiger partial charge in [0.1, 0.15) is 34.5 Å². The lowest BCUT2D eigenvalue weighted by atomic mass is 10.0. The lowest BCUT2D eigenvalue weighted by molar-refractivity contribution is -0.385. The molecule has 14 rings (SSSR count). The second kappa shape index (κ2) is 35.4.